The summed E-state index contributed by atoms with van der Waals surface area (Å²) in [5, 5.41) is 6.43. The van der Waals surface area contributed by atoms with Gasteiger partial charge in [-0.2, -0.15) is 4.98 Å². The number of nitrogens with two attached hydrogens (primary N) is 2. The van der Waals surface area contributed by atoms with E-state index in [2.05, 4.69) is 25.5 Å². The van der Waals surface area contributed by atoms with Crippen molar-refractivity contribution >= 4 is 35.1 Å². The summed E-state index contributed by atoms with van der Waals surface area (Å²) in [7, 11) is 0. The molecular formula is C20H26N8O2. The molecular weight excluding hydrogens is 384 g/mol. The van der Waals surface area contributed by atoms with Crippen molar-refractivity contribution in [1.29, 1.82) is 0 Å². The Morgan fingerprint density at radius 3 is 2.47 bits per heavy atom. The summed E-state index contributed by atoms with van der Waals surface area (Å²) in [5.74, 6) is 0.301. The zero-order chi connectivity index (χ0) is 21.3. The molecule has 0 radical (unpaired) electrons. The second-order valence-electron chi connectivity index (χ2n) is 7.68. The normalized spacial score (nSPS) is 16.3. The summed E-state index contributed by atoms with van der Waals surface area (Å²) in [6.07, 6.45) is 3.56. The molecule has 2 heterocycles. The van der Waals surface area contributed by atoms with Crippen molar-refractivity contribution in [2.45, 2.75) is 25.8 Å². The van der Waals surface area contributed by atoms with Crippen LogP contribution in [0.15, 0.2) is 24.4 Å². The number of primary amides is 2. The van der Waals surface area contributed by atoms with Crippen molar-refractivity contribution in [2.75, 3.05) is 41.7 Å². The first kappa shape index (κ1) is 19.7. The maximum atomic E-state index is 11.6. The molecule has 3 amide bonds. The highest BCUT2D eigenvalue weighted by atomic mass is 16.2. The third kappa shape index (κ3) is 4.37. The Bertz CT molecular complexity index is 967. The van der Waals surface area contributed by atoms with E-state index in [-0.39, 0.29) is 11.6 Å². The average Bonchev–Trinajstić information content (AvgIpc) is 3.52. The summed E-state index contributed by atoms with van der Waals surface area (Å²) in [6, 6.07) is 5.99. The molecule has 2 aromatic rings. The van der Waals surface area contributed by atoms with E-state index in [4.69, 9.17) is 11.5 Å². The minimum Gasteiger partial charge on any atom is -0.368 e. The second kappa shape index (κ2) is 8.05. The first-order valence-electron chi connectivity index (χ1n) is 10.0. The molecule has 1 aromatic heterocycles. The molecule has 2 fully saturated rings. The van der Waals surface area contributed by atoms with Gasteiger partial charge in [0.15, 0.2) is 0 Å². The predicted octanol–water partition coefficient (Wildman–Crippen LogP) is 1.40. The number of carbonyl (C=O) groups excluding carboxylic acids is 2. The number of hydrogen-bond donors (Lipinski definition) is 4. The van der Waals surface area contributed by atoms with E-state index in [1.165, 1.54) is 6.20 Å². The molecule has 0 atom stereocenters. The van der Waals surface area contributed by atoms with Gasteiger partial charge in [0.25, 0.3) is 5.91 Å². The standard InChI is InChI=1S/C20H26N8O2/c1-12-10-14(4-5-16(12)27-6-8-28(9-7-27)19(22)30)25-20-23-11-15(17(21)29)18(26-20)24-13-2-3-13/h4-5,10-11,13H,2-3,6-9H2,1H3,(H2,21,29)(H2,22,30)(H2,23,24,25,26). The van der Waals surface area contributed by atoms with Crippen molar-refractivity contribution in [3.05, 3.63) is 35.5 Å². The molecule has 30 heavy (non-hydrogen) atoms. The van der Waals surface area contributed by atoms with Gasteiger partial charge < -0.3 is 31.9 Å². The smallest absolute Gasteiger partial charge is 0.314 e. The van der Waals surface area contributed by atoms with E-state index in [0.29, 0.717) is 30.9 Å². The van der Waals surface area contributed by atoms with Gasteiger partial charge in [0.1, 0.15) is 5.82 Å². The summed E-state index contributed by atoms with van der Waals surface area (Å²) >= 11 is 0. The first-order valence-corrected chi connectivity index (χ1v) is 10.0. The van der Waals surface area contributed by atoms with Crippen LogP contribution in [0.5, 0.6) is 0 Å². The minimum atomic E-state index is -0.554. The highest BCUT2D eigenvalue weighted by Gasteiger charge is 2.24. The third-order valence-electron chi connectivity index (χ3n) is 5.36. The van der Waals surface area contributed by atoms with Gasteiger partial charge in [-0.15, -0.1) is 0 Å². The number of amides is 3. The number of aromatic nitrogens is 2. The van der Waals surface area contributed by atoms with Crippen LogP contribution in [0.4, 0.5) is 27.9 Å². The summed E-state index contributed by atoms with van der Waals surface area (Å²) in [5.41, 5.74) is 14.1. The Hall–Kier alpha value is -3.56. The van der Waals surface area contributed by atoms with Crippen LogP contribution in [-0.2, 0) is 0 Å². The number of urea groups is 1. The van der Waals surface area contributed by atoms with Crippen molar-refractivity contribution < 1.29 is 9.59 Å². The molecule has 4 rings (SSSR count). The van der Waals surface area contributed by atoms with Gasteiger partial charge >= 0.3 is 6.03 Å². The largest absolute Gasteiger partial charge is 0.368 e. The monoisotopic (exact) mass is 410 g/mol. The average molecular weight is 410 g/mol. The lowest BCUT2D eigenvalue weighted by atomic mass is 10.1. The number of benzene rings is 1. The second-order valence-corrected chi connectivity index (χ2v) is 7.68. The maximum absolute atomic E-state index is 11.6. The SMILES string of the molecule is Cc1cc(Nc2ncc(C(N)=O)c(NC3CC3)n2)ccc1N1CCN(C(N)=O)CC1. The number of anilines is 4. The van der Waals surface area contributed by atoms with Crippen LogP contribution in [-0.4, -0.2) is 59.0 Å². The Balaban J connectivity index is 1.47. The predicted molar refractivity (Wildman–Crippen MR) is 115 cm³/mol. The molecule has 0 unspecified atom stereocenters. The van der Waals surface area contributed by atoms with Crippen LogP contribution in [0.3, 0.4) is 0 Å². The topological polar surface area (TPSA) is 142 Å². The van der Waals surface area contributed by atoms with E-state index >= 15 is 0 Å². The van der Waals surface area contributed by atoms with Crippen molar-refractivity contribution in [3.63, 3.8) is 0 Å². The molecule has 6 N–H and O–H groups in total. The zero-order valence-corrected chi connectivity index (χ0v) is 16.9. The van der Waals surface area contributed by atoms with E-state index in [0.717, 1.165) is 42.9 Å². The zero-order valence-electron chi connectivity index (χ0n) is 16.9. The summed E-state index contributed by atoms with van der Waals surface area (Å²) < 4.78 is 0. The number of aryl methyl sites for hydroxylation is 1. The van der Waals surface area contributed by atoms with Crippen LogP contribution >= 0.6 is 0 Å². The third-order valence-corrected chi connectivity index (χ3v) is 5.36. The van der Waals surface area contributed by atoms with Gasteiger partial charge in [-0.3, -0.25) is 4.79 Å². The molecule has 0 bridgehead atoms. The van der Waals surface area contributed by atoms with Crippen LogP contribution < -0.4 is 27.0 Å². The van der Waals surface area contributed by atoms with Crippen LogP contribution in [0, 0.1) is 6.92 Å². The van der Waals surface area contributed by atoms with Crippen LogP contribution in [0.1, 0.15) is 28.8 Å². The van der Waals surface area contributed by atoms with Crippen molar-refractivity contribution in [3.8, 4) is 0 Å². The highest BCUT2D eigenvalue weighted by molar-refractivity contribution is 5.97. The lowest BCUT2D eigenvalue weighted by Crippen LogP contribution is -2.50. The first-order chi connectivity index (χ1) is 14.4. The molecule has 2 aliphatic rings. The van der Waals surface area contributed by atoms with Gasteiger partial charge in [0.2, 0.25) is 5.95 Å². The number of piperazine rings is 1. The van der Waals surface area contributed by atoms with Crippen molar-refractivity contribution in [1.82, 2.24) is 14.9 Å². The van der Waals surface area contributed by atoms with Gasteiger partial charge in [0, 0.05) is 49.8 Å². The Kier molecular flexibility index (Phi) is 5.30. The molecule has 158 valence electrons. The quantitative estimate of drug-likeness (QED) is 0.564. The molecule has 1 aromatic carbocycles. The molecule has 1 saturated carbocycles. The number of hydrogen-bond acceptors (Lipinski definition) is 7. The number of rotatable bonds is 6. The van der Waals surface area contributed by atoms with Gasteiger partial charge in [-0.25, -0.2) is 9.78 Å². The lowest BCUT2D eigenvalue weighted by Gasteiger charge is -2.36. The van der Waals surface area contributed by atoms with Gasteiger partial charge in [-0.05, 0) is 43.5 Å². The maximum Gasteiger partial charge on any atom is 0.314 e. The molecule has 1 aliphatic carbocycles. The van der Waals surface area contributed by atoms with Crippen LogP contribution in [0.25, 0.3) is 0 Å². The Morgan fingerprint density at radius 2 is 1.87 bits per heavy atom. The van der Waals surface area contributed by atoms with Gasteiger partial charge in [-0.1, -0.05) is 0 Å². The fourth-order valence-corrected chi connectivity index (χ4v) is 3.54. The summed E-state index contributed by atoms with van der Waals surface area (Å²) in [4.78, 5) is 35.5. The van der Waals surface area contributed by atoms with E-state index in [1.54, 1.807) is 4.90 Å². The Morgan fingerprint density at radius 1 is 1.13 bits per heavy atom. The number of carbonyl (C=O) groups is 2. The molecule has 10 nitrogen and oxygen atoms in total. The van der Waals surface area contributed by atoms with Gasteiger partial charge in [0.05, 0.1) is 5.56 Å². The lowest BCUT2D eigenvalue weighted by molar-refractivity contribution is 0.100. The molecule has 1 aliphatic heterocycles. The van der Waals surface area contributed by atoms with E-state index in [9.17, 15) is 9.59 Å². The van der Waals surface area contributed by atoms with Crippen LogP contribution in [0.2, 0.25) is 0 Å². The fourth-order valence-electron chi connectivity index (χ4n) is 3.54. The molecule has 1 saturated heterocycles. The Labute approximate surface area is 174 Å². The molecule has 0 spiro atoms. The highest BCUT2D eigenvalue weighted by Crippen LogP contribution is 2.28. The summed E-state index contributed by atoms with van der Waals surface area (Å²) in [6.45, 7) is 4.75. The number of nitrogens with one attached hydrogen (secondary N) is 2. The number of nitrogens with zero attached hydrogens (tertiary/aromatic N) is 4. The minimum absolute atomic E-state index is 0.286. The molecule has 10 heteroatoms. The van der Waals surface area contributed by atoms with E-state index < -0.39 is 5.91 Å². The van der Waals surface area contributed by atoms with E-state index in [1.807, 2.05) is 25.1 Å². The van der Waals surface area contributed by atoms with Crippen molar-refractivity contribution in [2.24, 2.45) is 11.5 Å². The fraction of sp³-hybridized carbons (Fsp3) is 0.400.